The quantitative estimate of drug-likeness (QED) is 0.319. The molecule has 6 nitrogen and oxygen atoms in total. The molecule has 0 bridgehead atoms. The number of aryl methyl sites for hydroxylation is 2. The number of unbranched alkanes of at least 4 members (excludes halogenated alkanes) is 6. The molecule has 0 aliphatic heterocycles. The first-order valence-electron chi connectivity index (χ1n) is 10.6. The molecule has 0 aliphatic rings. The van der Waals surface area contributed by atoms with Crippen molar-refractivity contribution in [2.45, 2.75) is 87.8 Å². The predicted molar refractivity (Wildman–Crippen MR) is 119 cm³/mol. The first-order valence-corrected chi connectivity index (χ1v) is 13.5. The third-order valence-electron chi connectivity index (χ3n) is 5.31. The molecular weight excluding hydrogens is 424 g/mol. The third-order valence-corrected chi connectivity index (χ3v) is 7.09. The van der Waals surface area contributed by atoms with Gasteiger partial charge in [0.2, 0.25) is 0 Å². The van der Waals surface area contributed by atoms with E-state index in [1.165, 1.54) is 12.1 Å². The van der Waals surface area contributed by atoms with Gasteiger partial charge in [-0.1, -0.05) is 52.4 Å². The third kappa shape index (κ3) is 6.77. The van der Waals surface area contributed by atoms with E-state index in [9.17, 15) is 25.9 Å². The van der Waals surface area contributed by atoms with Crippen LogP contribution in [0.15, 0.2) is 34.1 Å². The summed E-state index contributed by atoms with van der Waals surface area (Å²) < 4.78 is 68.0. The van der Waals surface area contributed by atoms with E-state index >= 15 is 0 Å². The van der Waals surface area contributed by atoms with Gasteiger partial charge in [-0.2, -0.15) is 16.8 Å². The molecule has 2 N–H and O–H groups in total. The molecule has 8 heteroatoms. The lowest BCUT2D eigenvalue weighted by Crippen LogP contribution is -2.06. The largest absolute Gasteiger partial charge is 0.295 e. The number of rotatable bonds is 12. The normalized spacial score (nSPS) is 12.5. The van der Waals surface area contributed by atoms with Crippen molar-refractivity contribution in [2.24, 2.45) is 0 Å². The highest BCUT2D eigenvalue weighted by Gasteiger charge is 2.22. The Bertz CT molecular complexity index is 985. The van der Waals surface area contributed by atoms with Crippen molar-refractivity contribution in [3.63, 3.8) is 0 Å². The summed E-state index contributed by atoms with van der Waals surface area (Å²) >= 11 is 0. The van der Waals surface area contributed by atoms with Crippen molar-refractivity contribution >= 4 is 31.0 Å². The Kier molecular flexibility index (Phi) is 8.85. The fraction of sp³-hybridized carbons (Fsp3) is 0.545. The Morgan fingerprint density at radius 2 is 0.967 bits per heavy atom. The van der Waals surface area contributed by atoms with E-state index in [1.54, 1.807) is 12.1 Å². The molecule has 0 aromatic heterocycles. The van der Waals surface area contributed by atoms with E-state index in [0.717, 1.165) is 51.4 Å². The van der Waals surface area contributed by atoms with Crippen LogP contribution in [-0.2, 0) is 33.1 Å². The minimum absolute atomic E-state index is 0.121. The maximum absolute atomic E-state index is 12.1. The molecule has 2 aromatic carbocycles. The first-order chi connectivity index (χ1) is 14.1. The lowest BCUT2D eigenvalue weighted by atomic mass is 9.98. The summed E-state index contributed by atoms with van der Waals surface area (Å²) in [7, 11) is -9.14. The van der Waals surface area contributed by atoms with Gasteiger partial charge in [-0.25, -0.2) is 0 Å². The van der Waals surface area contributed by atoms with Gasteiger partial charge in [0.15, 0.2) is 0 Å². The van der Waals surface area contributed by atoms with Gasteiger partial charge in [-0.05, 0) is 61.1 Å². The fourth-order valence-electron chi connectivity index (χ4n) is 3.74. The minimum atomic E-state index is -4.57. The average molecular weight is 457 g/mol. The molecule has 0 fully saturated rings. The van der Waals surface area contributed by atoms with E-state index < -0.39 is 20.2 Å². The second-order valence-electron chi connectivity index (χ2n) is 7.85. The maximum atomic E-state index is 12.1. The van der Waals surface area contributed by atoms with Crippen LogP contribution in [0.3, 0.4) is 0 Å². The van der Waals surface area contributed by atoms with Gasteiger partial charge < -0.3 is 0 Å². The molecule has 0 unspecified atom stereocenters. The van der Waals surface area contributed by atoms with Crippen LogP contribution in [0.25, 0.3) is 10.8 Å². The monoisotopic (exact) mass is 456 g/mol. The highest BCUT2D eigenvalue weighted by molar-refractivity contribution is 7.86. The zero-order chi connectivity index (χ0) is 22.4. The van der Waals surface area contributed by atoms with E-state index in [2.05, 4.69) is 13.8 Å². The highest BCUT2D eigenvalue weighted by atomic mass is 32.2. The molecular formula is C22H32O6S2. The molecule has 0 radical (unpaired) electrons. The second kappa shape index (κ2) is 10.7. The van der Waals surface area contributed by atoms with Crippen molar-refractivity contribution < 1.29 is 25.9 Å². The number of fused-ring (bicyclic) bond motifs is 1. The van der Waals surface area contributed by atoms with Gasteiger partial charge in [-0.3, -0.25) is 9.11 Å². The zero-order valence-electron chi connectivity index (χ0n) is 17.7. The van der Waals surface area contributed by atoms with Gasteiger partial charge in [0, 0.05) is 10.8 Å². The molecule has 2 rings (SSSR count). The van der Waals surface area contributed by atoms with Crippen LogP contribution in [0.4, 0.5) is 0 Å². The van der Waals surface area contributed by atoms with E-state index in [1.807, 2.05) is 0 Å². The summed E-state index contributed by atoms with van der Waals surface area (Å²) in [6.07, 6.45) is 8.91. The molecule has 0 amide bonds. The van der Waals surface area contributed by atoms with Crippen LogP contribution in [0.2, 0.25) is 0 Å². The molecule has 168 valence electrons. The van der Waals surface area contributed by atoms with Crippen molar-refractivity contribution in [1.82, 2.24) is 0 Å². The van der Waals surface area contributed by atoms with Crippen molar-refractivity contribution in [3.8, 4) is 0 Å². The number of hydrogen-bond donors (Lipinski definition) is 2. The van der Waals surface area contributed by atoms with Crippen LogP contribution < -0.4 is 0 Å². The van der Waals surface area contributed by atoms with E-state index in [-0.39, 0.29) is 20.6 Å². The van der Waals surface area contributed by atoms with Gasteiger partial charge in [0.1, 0.15) is 9.79 Å². The molecule has 0 saturated heterocycles. The molecule has 2 aromatic rings. The molecule has 0 aliphatic carbocycles. The molecule has 0 atom stereocenters. The average Bonchev–Trinajstić information content (AvgIpc) is 2.66. The van der Waals surface area contributed by atoms with Crippen molar-refractivity contribution in [1.29, 1.82) is 0 Å². The summed E-state index contributed by atoms with van der Waals surface area (Å²) in [6.45, 7) is 4.18. The molecule has 30 heavy (non-hydrogen) atoms. The van der Waals surface area contributed by atoms with Crippen molar-refractivity contribution in [2.75, 3.05) is 0 Å². The Morgan fingerprint density at radius 1 is 0.600 bits per heavy atom. The molecule has 0 saturated carbocycles. The Labute approximate surface area is 180 Å². The topological polar surface area (TPSA) is 109 Å². The summed E-state index contributed by atoms with van der Waals surface area (Å²) in [5.74, 6) is 0. The van der Waals surface area contributed by atoms with E-state index in [4.69, 9.17) is 0 Å². The first kappa shape index (κ1) is 24.8. The number of hydrogen-bond acceptors (Lipinski definition) is 4. The summed E-state index contributed by atoms with van der Waals surface area (Å²) in [4.78, 5) is -0.628. The second-order valence-corrected chi connectivity index (χ2v) is 10.6. The van der Waals surface area contributed by atoms with Crippen LogP contribution in [0.1, 0.15) is 76.3 Å². The highest BCUT2D eigenvalue weighted by Crippen LogP contribution is 2.32. The van der Waals surface area contributed by atoms with Crippen LogP contribution in [0, 0.1) is 0 Å². The van der Waals surface area contributed by atoms with Crippen LogP contribution in [-0.4, -0.2) is 25.9 Å². The lowest BCUT2D eigenvalue weighted by Gasteiger charge is -2.13. The molecule has 0 spiro atoms. The van der Waals surface area contributed by atoms with E-state index in [0.29, 0.717) is 24.0 Å². The van der Waals surface area contributed by atoms with Gasteiger partial charge in [0.25, 0.3) is 20.2 Å². The number of benzene rings is 2. The van der Waals surface area contributed by atoms with Crippen LogP contribution in [0.5, 0.6) is 0 Å². The zero-order valence-corrected chi connectivity index (χ0v) is 19.4. The Balaban J connectivity index is 2.62. The summed E-state index contributed by atoms with van der Waals surface area (Å²) in [5, 5.41) is 0.242. The Hall–Kier alpha value is -1.48. The summed E-state index contributed by atoms with van der Waals surface area (Å²) in [6, 6.07) is 6.05. The standard InChI is InChI=1S/C22H32O6S2/c1-3-5-7-9-11-17-13-19-20(21(15-17)29(23,24)25)14-18(12-10-8-6-4-2)16-22(19)30(26,27)28/h13-16H,3-12H2,1-2H3,(H,23,24,25)(H,26,27,28). The van der Waals surface area contributed by atoms with Gasteiger partial charge in [-0.15, -0.1) is 0 Å². The Morgan fingerprint density at radius 3 is 1.27 bits per heavy atom. The predicted octanol–water partition coefficient (Wildman–Crippen LogP) is 5.58. The smallest absolute Gasteiger partial charge is 0.282 e. The van der Waals surface area contributed by atoms with Crippen molar-refractivity contribution in [3.05, 3.63) is 35.4 Å². The maximum Gasteiger partial charge on any atom is 0.295 e. The minimum Gasteiger partial charge on any atom is -0.282 e. The molecule has 0 heterocycles. The van der Waals surface area contributed by atoms with Gasteiger partial charge >= 0.3 is 0 Å². The fourth-order valence-corrected chi connectivity index (χ4v) is 5.23. The lowest BCUT2D eigenvalue weighted by molar-refractivity contribution is 0.481. The van der Waals surface area contributed by atoms with Gasteiger partial charge in [0.05, 0.1) is 0 Å². The van der Waals surface area contributed by atoms with Crippen LogP contribution >= 0.6 is 0 Å². The summed E-state index contributed by atoms with van der Waals surface area (Å²) in [5.41, 5.74) is 1.23. The SMILES string of the molecule is CCCCCCc1cc(S(=O)(=O)O)c2cc(CCCCCC)cc(S(=O)(=O)O)c2c1.